The molecule has 1 aromatic carbocycles. The Balaban J connectivity index is 1.51. The van der Waals surface area contributed by atoms with E-state index in [2.05, 4.69) is 10.4 Å². The monoisotopic (exact) mass is 379 g/mol. The summed E-state index contributed by atoms with van der Waals surface area (Å²) in [5, 5.41) is 8.74. The molecular formula is C21H21N3O2S. The van der Waals surface area contributed by atoms with Crippen LogP contribution in [0.5, 0.6) is 0 Å². The van der Waals surface area contributed by atoms with E-state index >= 15 is 0 Å². The first-order chi connectivity index (χ1) is 13.1. The summed E-state index contributed by atoms with van der Waals surface area (Å²) in [7, 11) is 0. The fourth-order valence-electron chi connectivity index (χ4n) is 3.08. The molecule has 0 saturated heterocycles. The lowest BCUT2D eigenvalue weighted by molar-refractivity contribution is 0.0942. The molecule has 4 rings (SSSR count). The van der Waals surface area contributed by atoms with Gasteiger partial charge in [0.05, 0.1) is 22.5 Å². The van der Waals surface area contributed by atoms with E-state index in [0.717, 1.165) is 40.2 Å². The molecule has 0 saturated carbocycles. The topological polar surface area (TPSA) is 60.1 Å². The lowest BCUT2D eigenvalue weighted by Gasteiger charge is -2.12. The van der Waals surface area contributed by atoms with E-state index in [9.17, 15) is 4.79 Å². The second-order valence-electron chi connectivity index (χ2n) is 6.65. The van der Waals surface area contributed by atoms with Gasteiger partial charge in [-0.3, -0.25) is 4.79 Å². The van der Waals surface area contributed by atoms with Crippen molar-refractivity contribution in [2.24, 2.45) is 0 Å². The average molecular weight is 379 g/mol. The number of hydrogen-bond acceptors (Lipinski definition) is 4. The summed E-state index contributed by atoms with van der Waals surface area (Å²) in [6.45, 7) is 3.99. The van der Waals surface area contributed by atoms with Crippen molar-refractivity contribution in [1.29, 1.82) is 0 Å². The third-order valence-corrected chi connectivity index (χ3v) is 5.66. The van der Waals surface area contributed by atoms with Crippen LogP contribution in [0.2, 0.25) is 0 Å². The lowest BCUT2D eigenvalue weighted by atomic mass is 10.1. The summed E-state index contributed by atoms with van der Waals surface area (Å²) in [5.74, 6) is 0.902. The highest BCUT2D eigenvalue weighted by Crippen LogP contribution is 2.30. The number of furan rings is 1. The van der Waals surface area contributed by atoms with Gasteiger partial charge in [-0.2, -0.15) is 5.10 Å². The van der Waals surface area contributed by atoms with E-state index < -0.39 is 0 Å². The normalized spacial score (nSPS) is 12.4. The van der Waals surface area contributed by atoms with Gasteiger partial charge in [-0.05, 0) is 50.6 Å². The van der Waals surface area contributed by atoms with Gasteiger partial charge in [0.15, 0.2) is 0 Å². The van der Waals surface area contributed by atoms with Gasteiger partial charge in [-0.15, -0.1) is 11.3 Å². The van der Waals surface area contributed by atoms with Crippen LogP contribution in [-0.4, -0.2) is 21.7 Å². The molecule has 3 aromatic heterocycles. The third-order valence-electron chi connectivity index (χ3n) is 4.55. The number of rotatable bonds is 6. The van der Waals surface area contributed by atoms with Crippen LogP contribution in [0.1, 0.15) is 34.5 Å². The largest absolute Gasteiger partial charge is 0.469 e. The molecule has 3 heterocycles. The molecule has 5 nitrogen and oxygen atoms in total. The van der Waals surface area contributed by atoms with Gasteiger partial charge < -0.3 is 9.73 Å². The standard InChI is InChI=1S/C21H21N3O2S/c1-14(10-11-17-9-6-12-26-17)22-20(25)19-13-18-15(2)23-24(21(18)27-19)16-7-4-3-5-8-16/h3-9,12-14H,10-11H2,1-2H3,(H,22,25)/t14-/m1/s1. The number of aromatic nitrogens is 2. The molecule has 0 bridgehead atoms. The van der Waals surface area contributed by atoms with Crippen LogP contribution in [0.15, 0.2) is 59.2 Å². The summed E-state index contributed by atoms with van der Waals surface area (Å²) in [6.07, 6.45) is 3.32. The van der Waals surface area contributed by atoms with Gasteiger partial charge in [-0.1, -0.05) is 18.2 Å². The first kappa shape index (κ1) is 17.5. The second kappa shape index (κ2) is 7.40. The predicted octanol–water partition coefficient (Wildman–Crippen LogP) is 4.74. The molecular weight excluding hydrogens is 358 g/mol. The number of thiophene rings is 1. The summed E-state index contributed by atoms with van der Waals surface area (Å²) >= 11 is 1.48. The van der Waals surface area contributed by atoms with Gasteiger partial charge in [-0.25, -0.2) is 4.68 Å². The summed E-state index contributed by atoms with van der Waals surface area (Å²) in [5.41, 5.74) is 1.92. The van der Waals surface area contributed by atoms with Gasteiger partial charge in [0.1, 0.15) is 10.6 Å². The Bertz CT molecular complexity index is 1050. The Morgan fingerprint density at radius 1 is 1.26 bits per heavy atom. The van der Waals surface area contributed by atoms with Crippen molar-refractivity contribution in [3.63, 3.8) is 0 Å². The molecule has 0 aliphatic carbocycles. The fraction of sp³-hybridized carbons (Fsp3) is 0.238. The van der Waals surface area contributed by atoms with Crippen LogP contribution >= 0.6 is 11.3 Å². The number of fused-ring (bicyclic) bond motifs is 1. The molecule has 138 valence electrons. The Morgan fingerprint density at radius 2 is 2.07 bits per heavy atom. The van der Waals surface area contributed by atoms with Crippen molar-refractivity contribution in [2.75, 3.05) is 0 Å². The van der Waals surface area contributed by atoms with E-state index in [1.54, 1.807) is 6.26 Å². The number of aryl methyl sites for hydroxylation is 2. The zero-order valence-corrected chi connectivity index (χ0v) is 16.1. The second-order valence-corrected chi connectivity index (χ2v) is 7.69. The van der Waals surface area contributed by atoms with E-state index in [0.29, 0.717) is 4.88 Å². The Morgan fingerprint density at radius 3 is 2.81 bits per heavy atom. The van der Waals surface area contributed by atoms with Crippen LogP contribution in [0.25, 0.3) is 15.9 Å². The van der Waals surface area contributed by atoms with Gasteiger partial charge >= 0.3 is 0 Å². The Kier molecular flexibility index (Phi) is 4.81. The molecule has 1 N–H and O–H groups in total. The van der Waals surface area contributed by atoms with Crippen LogP contribution in [-0.2, 0) is 6.42 Å². The average Bonchev–Trinajstić information content (AvgIpc) is 3.39. The van der Waals surface area contributed by atoms with Crippen molar-refractivity contribution in [1.82, 2.24) is 15.1 Å². The molecule has 0 unspecified atom stereocenters. The minimum absolute atomic E-state index is 0.0397. The maximum absolute atomic E-state index is 12.7. The molecule has 1 atom stereocenters. The highest BCUT2D eigenvalue weighted by atomic mass is 32.1. The summed E-state index contributed by atoms with van der Waals surface area (Å²) < 4.78 is 7.26. The number of carbonyl (C=O) groups excluding carboxylic acids is 1. The zero-order chi connectivity index (χ0) is 18.8. The van der Waals surface area contributed by atoms with Gasteiger partial charge in [0.2, 0.25) is 0 Å². The molecule has 0 aliphatic rings. The molecule has 4 aromatic rings. The minimum Gasteiger partial charge on any atom is -0.469 e. The van der Waals surface area contributed by atoms with Crippen molar-refractivity contribution in [2.45, 2.75) is 32.7 Å². The predicted molar refractivity (Wildman–Crippen MR) is 108 cm³/mol. The summed E-state index contributed by atoms with van der Waals surface area (Å²) in [4.78, 5) is 14.4. The number of hydrogen-bond donors (Lipinski definition) is 1. The van der Waals surface area contributed by atoms with Crippen molar-refractivity contribution in [3.05, 3.63) is 71.1 Å². The highest BCUT2D eigenvalue weighted by molar-refractivity contribution is 7.20. The number of nitrogens with one attached hydrogen (secondary N) is 1. The van der Waals surface area contributed by atoms with E-state index in [-0.39, 0.29) is 11.9 Å². The molecule has 1 amide bonds. The van der Waals surface area contributed by atoms with E-state index in [1.807, 2.05) is 67.1 Å². The minimum atomic E-state index is -0.0397. The van der Waals surface area contributed by atoms with E-state index in [4.69, 9.17) is 4.42 Å². The number of amides is 1. The molecule has 0 spiro atoms. The molecule has 27 heavy (non-hydrogen) atoms. The van der Waals surface area contributed by atoms with Crippen molar-refractivity contribution >= 4 is 27.5 Å². The van der Waals surface area contributed by atoms with Crippen molar-refractivity contribution in [3.8, 4) is 5.69 Å². The van der Waals surface area contributed by atoms with Crippen LogP contribution in [0.4, 0.5) is 0 Å². The molecule has 0 fully saturated rings. The maximum atomic E-state index is 12.7. The number of benzene rings is 1. The van der Waals surface area contributed by atoms with Gasteiger partial charge in [0, 0.05) is 17.8 Å². The zero-order valence-electron chi connectivity index (χ0n) is 15.3. The van der Waals surface area contributed by atoms with E-state index in [1.165, 1.54) is 11.3 Å². The Labute approximate surface area is 161 Å². The fourth-order valence-corrected chi connectivity index (χ4v) is 4.17. The lowest BCUT2D eigenvalue weighted by Crippen LogP contribution is -2.32. The first-order valence-electron chi connectivity index (χ1n) is 8.99. The van der Waals surface area contributed by atoms with Crippen LogP contribution < -0.4 is 5.32 Å². The quantitative estimate of drug-likeness (QED) is 0.526. The number of carbonyl (C=O) groups is 1. The Hall–Kier alpha value is -2.86. The first-order valence-corrected chi connectivity index (χ1v) is 9.81. The smallest absolute Gasteiger partial charge is 0.261 e. The molecule has 0 radical (unpaired) electrons. The van der Waals surface area contributed by atoms with Crippen LogP contribution in [0, 0.1) is 6.92 Å². The molecule has 0 aliphatic heterocycles. The third kappa shape index (κ3) is 3.66. The maximum Gasteiger partial charge on any atom is 0.261 e. The SMILES string of the molecule is Cc1nn(-c2ccccc2)c2sc(C(=O)N[C@H](C)CCc3ccco3)cc12. The van der Waals surface area contributed by atoms with Crippen molar-refractivity contribution < 1.29 is 9.21 Å². The molecule has 6 heteroatoms. The van der Waals surface area contributed by atoms with Crippen LogP contribution in [0.3, 0.4) is 0 Å². The number of nitrogens with zero attached hydrogens (tertiary/aromatic N) is 2. The highest BCUT2D eigenvalue weighted by Gasteiger charge is 2.18. The number of para-hydroxylation sites is 1. The van der Waals surface area contributed by atoms with Gasteiger partial charge in [0.25, 0.3) is 5.91 Å². The summed E-state index contributed by atoms with van der Waals surface area (Å²) in [6, 6.07) is 15.8.